The fourth-order valence-corrected chi connectivity index (χ4v) is 3.36. The number of thioether (sulfide) groups is 1. The quantitative estimate of drug-likeness (QED) is 0.615. The van der Waals surface area contributed by atoms with Crippen molar-refractivity contribution in [3.63, 3.8) is 0 Å². The Labute approximate surface area is 140 Å². The van der Waals surface area contributed by atoms with Gasteiger partial charge in [0, 0.05) is 30.2 Å². The van der Waals surface area contributed by atoms with Gasteiger partial charge in [0.25, 0.3) is 0 Å². The van der Waals surface area contributed by atoms with Gasteiger partial charge in [-0.2, -0.15) is 11.8 Å². The Morgan fingerprint density at radius 3 is 2.43 bits per heavy atom. The van der Waals surface area contributed by atoms with Crippen molar-refractivity contribution >= 4 is 11.8 Å². The maximum atomic E-state index is 5.58. The van der Waals surface area contributed by atoms with Crippen molar-refractivity contribution in [1.82, 2.24) is 5.16 Å². The van der Waals surface area contributed by atoms with E-state index >= 15 is 0 Å². The van der Waals surface area contributed by atoms with Gasteiger partial charge in [0.1, 0.15) is 0 Å². The Morgan fingerprint density at radius 1 is 1.04 bits per heavy atom. The van der Waals surface area contributed by atoms with Crippen LogP contribution in [0.4, 0.5) is 0 Å². The molecule has 3 aromatic rings. The van der Waals surface area contributed by atoms with Crippen LogP contribution in [0.2, 0.25) is 0 Å². The predicted octanol–water partition coefficient (Wildman–Crippen LogP) is 4.96. The highest BCUT2D eigenvalue weighted by molar-refractivity contribution is 7.98. The molecule has 0 radical (unpaired) electrons. The average molecular weight is 325 g/mol. The van der Waals surface area contributed by atoms with E-state index in [-0.39, 0.29) is 6.10 Å². The molecule has 3 nitrogen and oxygen atoms in total. The smallest absolute Gasteiger partial charge is 0.167 e. The SMILES string of the molecule is COC(CSCc1cc(-c2ccccc2)on1)c1ccccc1. The second-order valence-electron chi connectivity index (χ2n) is 5.20. The van der Waals surface area contributed by atoms with E-state index in [2.05, 4.69) is 17.3 Å². The molecule has 118 valence electrons. The molecule has 1 atom stereocenters. The third-order valence-corrected chi connectivity index (χ3v) is 4.63. The monoisotopic (exact) mass is 325 g/mol. The van der Waals surface area contributed by atoms with Crippen molar-refractivity contribution in [3.05, 3.63) is 78.0 Å². The minimum absolute atomic E-state index is 0.0988. The zero-order valence-electron chi connectivity index (χ0n) is 13.0. The van der Waals surface area contributed by atoms with Gasteiger partial charge >= 0.3 is 0 Å². The Bertz CT molecular complexity index is 713. The van der Waals surface area contributed by atoms with Crippen LogP contribution in [0.15, 0.2) is 71.3 Å². The topological polar surface area (TPSA) is 35.3 Å². The summed E-state index contributed by atoms with van der Waals surface area (Å²) in [5.74, 6) is 2.50. The van der Waals surface area contributed by atoms with E-state index in [4.69, 9.17) is 9.26 Å². The molecule has 0 bridgehead atoms. The summed E-state index contributed by atoms with van der Waals surface area (Å²) in [5.41, 5.74) is 3.21. The molecular weight excluding hydrogens is 306 g/mol. The lowest BCUT2D eigenvalue weighted by Crippen LogP contribution is -2.04. The summed E-state index contributed by atoms with van der Waals surface area (Å²) < 4.78 is 11.0. The lowest BCUT2D eigenvalue weighted by atomic mass is 10.1. The number of aromatic nitrogens is 1. The molecule has 2 aromatic carbocycles. The first kappa shape index (κ1) is 15.8. The van der Waals surface area contributed by atoms with Crippen LogP contribution in [-0.2, 0) is 10.5 Å². The summed E-state index contributed by atoms with van der Waals surface area (Å²) in [6.45, 7) is 0. The zero-order chi connectivity index (χ0) is 15.9. The largest absolute Gasteiger partial charge is 0.376 e. The molecule has 0 aliphatic heterocycles. The molecule has 4 heteroatoms. The summed E-state index contributed by atoms with van der Waals surface area (Å²) in [4.78, 5) is 0. The maximum absolute atomic E-state index is 5.58. The number of hydrogen-bond acceptors (Lipinski definition) is 4. The first-order valence-electron chi connectivity index (χ1n) is 7.53. The van der Waals surface area contributed by atoms with Gasteiger partial charge in [-0.05, 0) is 5.56 Å². The highest BCUT2D eigenvalue weighted by atomic mass is 32.2. The number of ether oxygens (including phenoxy) is 1. The highest BCUT2D eigenvalue weighted by Gasteiger charge is 2.11. The molecule has 0 saturated carbocycles. The van der Waals surface area contributed by atoms with E-state index in [0.29, 0.717) is 0 Å². The third-order valence-electron chi connectivity index (χ3n) is 3.59. The van der Waals surface area contributed by atoms with Crippen molar-refractivity contribution in [1.29, 1.82) is 0 Å². The first-order chi connectivity index (χ1) is 11.4. The predicted molar refractivity (Wildman–Crippen MR) is 94.3 cm³/mol. The van der Waals surface area contributed by atoms with Gasteiger partial charge in [-0.15, -0.1) is 0 Å². The first-order valence-corrected chi connectivity index (χ1v) is 8.69. The fraction of sp³-hybridized carbons (Fsp3) is 0.211. The number of nitrogens with zero attached hydrogens (tertiary/aromatic N) is 1. The summed E-state index contributed by atoms with van der Waals surface area (Å²) in [6.07, 6.45) is 0.0988. The molecule has 23 heavy (non-hydrogen) atoms. The number of rotatable bonds is 7. The van der Waals surface area contributed by atoms with Crippen molar-refractivity contribution in [3.8, 4) is 11.3 Å². The standard InChI is InChI=1S/C19H19NO2S/c1-21-19(16-10-6-3-7-11-16)14-23-13-17-12-18(22-20-17)15-8-4-2-5-9-15/h2-12,19H,13-14H2,1H3. The van der Waals surface area contributed by atoms with E-state index in [1.807, 2.05) is 54.6 Å². The zero-order valence-corrected chi connectivity index (χ0v) is 13.8. The molecular formula is C19H19NO2S. The van der Waals surface area contributed by atoms with E-state index < -0.39 is 0 Å². The van der Waals surface area contributed by atoms with Gasteiger partial charge in [-0.25, -0.2) is 0 Å². The Balaban J connectivity index is 1.56. The van der Waals surface area contributed by atoms with Crippen LogP contribution in [0.1, 0.15) is 17.4 Å². The summed E-state index contributed by atoms with van der Waals surface area (Å²) in [7, 11) is 1.75. The molecule has 0 aliphatic rings. The number of benzene rings is 2. The van der Waals surface area contributed by atoms with Crippen LogP contribution in [0.25, 0.3) is 11.3 Å². The van der Waals surface area contributed by atoms with Crippen molar-refractivity contribution in [2.45, 2.75) is 11.9 Å². The number of hydrogen-bond donors (Lipinski definition) is 0. The minimum atomic E-state index is 0.0988. The van der Waals surface area contributed by atoms with Crippen LogP contribution in [-0.4, -0.2) is 18.0 Å². The van der Waals surface area contributed by atoms with Crippen LogP contribution in [0, 0.1) is 0 Å². The van der Waals surface area contributed by atoms with Crippen LogP contribution in [0.5, 0.6) is 0 Å². The van der Waals surface area contributed by atoms with Crippen LogP contribution < -0.4 is 0 Å². The minimum Gasteiger partial charge on any atom is -0.376 e. The molecule has 1 unspecified atom stereocenters. The molecule has 1 heterocycles. The lowest BCUT2D eigenvalue weighted by molar-refractivity contribution is 0.123. The van der Waals surface area contributed by atoms with Crippen molar-refractivity contribution in [2.24, 2.45) is 0 Å². The molecule has 3 rings (SSSR count). The van der Waals surface area contributed by atoms with Gasteiger partial charge < -0.3 is 9.26 Å². The molecule has 1 aromatic heterocycles. The fourth-order valence-electron chi connectivity index (χ4n) is 2.36. The summed E-state index contributed by atoms with van der Waals surface area (Å²) in [5, 5.41) is 4.15. The molecule has 0 fully saturated rings. The van der Waals surface area contributed by atoms with Crippen molar-refractivity contribution in [2.75, 3.05) is 12.9 Å². The lowest BCUT2D eigenvalue weighted by Gasteiger charge is -2.14. The van der Waals surface area contributed by atoms with E-state index in [9.17, 15) is 0 Å². The third kappa shape index (κ3) is 4.24. The molecule has 0 amide bonds. The molecule has 0 saturated heterocycles. The molecule has 0 N–H and O–H groups in total. The van der Waals surface area contributed by atoms with Gasteiger partial charge in [-0.1, -0.05) is 65.8 Å². The maximum Gasteiger partial charge on any atom is 0.167 e. The Kier molecular flexibility index (Phi) is 5.51. The Morgan fingerprint density at radius 2 is 1.74 bits per heavy atom. The van der Waals surface area contributed by atoms with Crippen LogP contribution >= 0.6 is 11.8 Å². The number of methoxy groups -OCH3 is 1. The normalized spacial score (nSPS) is 12.2. The second kappa shape index (κ2) is 7.99. The molecule has 0 aliphatic carbocycles. The van der Waals surface area contributed by atoms with Crippen molar-refractivity contribution < 1.29 is 9.26 Å². The van der Waals surface area contributed by atoms with Gasteiger partial charge in [0.2, 0.25) is 0 Å². The second-order valence-corrected chi connectivity index (χ2v) is 6.23. The highest BCUT2D eigenvalue weighted by Crippen LogP contribution is 2.25. The van der Waals surface area contributed by atoms with E-state index in [1.54, 1.807) is 18.9 Å². The van der Waals surface area contributed by atoms with E-state index in [1.165, 1.54) is 5.56 Å². The van der Waals surface area contributed by atoms with E-state index in [0.717, 1.165) is 28.5 Å². The Hall–Kier alpha value is -2.04. The summed E-state index contributed by atoms with van der Waals surface area (Å²) in [6, 6.07) is 22.3. The molecule has 0 spiro atoms. The van der Waals surface area contributed by atoms with Gasteiger partial charge in [-0.3, -0.25) is 0 Å². The average Bonchev–Trinajstić information content (AvgIpc) is 3.09. The van der Waals surface area contributed by atoms with Gasteiger partial charge in [0.15, 0.2) is 5.76 Å². The van der Waals surface area contributed by atoms with Crippen LogP contribution in [0.3, 0.4) is 0 Å². The van der Waals surface area contributed by atoms with Gasteiger partial charge in [0.05, 0.1) is 11.8 Å². The summed E-state index contributed by atoms with van der Waals surface area (Å²) >= 11 is 1.79.